The van der Waals surface area contributed by atoms with Crippen LogP contribution in [0.25, 0.3) is 0 Å². The maximum absolute atomic E-state index is 8.80. The molecular weight excluding hydrogens is 347 g/mol. The minimum absolute atomic E-state index is 0.315. The molecule has 1 heterocycles. The summed E-state index contributed by atoms with van der Waals surface area (Å²) < 4.78 is 0. The fourth-order valence-electron chi connectivity index (χ4n) is 1.90. The number of benzene rings is 2. The molecule has 0 atom stereocenters. The van der Waals surface area contributed by atoms with Crippen LogP contribution in [0.15, 0.2) is 48.7 Å². The second-order valence-electron chi connectivity index (χ2n) is 4.73. The maximum Gasteiger partial charge on any atom is 0.249 e. The molecule has 0 fully saturated rings. The highest BCUT2D eigenvalue weighted by Crippen LogP contribution is 2.27. The number of aromatic nitrogens is 3. The number of halogens is 2. The van der Waals surface area contributed by atoms with E-state index in [2.05, 4.69) is 31.9 Å². The number of nitrogens with one attached hydrogen (secondary N) is 2. The molecule has 3 rings (SSSR count). The molecule has 0 aliphatic rings. The summed E-state index contributed by atoms with van der Waals surface area (Å²) in [5, 5.41) is 23.7. The molecule has 0 aliphatic carbocycles. The summed E-state index contributed by atoms with van der Waals surface area (Å²) in [5.74, 6) is 0.792. The van der Waals surface area contributed by atoms with Gasteiger partial charge in [-0.3, -0.25) is 0 Å². The third kappa shape index (κ3) is 3.90. The quantitative estimate of drug-likeness (QED) is 0.713. The van der Waals surface area contributed by atoms with Crippen LogP contribution in [-0.2, 0) is 0 Å². The normalized spacial score (nSPS) is 10.0. The molecule has 24 heavy (non-hydrogen) atoms. The molecule has 0 saturated heterocycles. The second-order valence-corrected chi connectivity index (χ2v) is 5.57. The molecule has 0 saturated carbocycles. The Morgan fingerprint density at radius 2 is 1.79 bits per heavy atom. The van der Waals surface area contributed by atoms with E-state index in [0.717, 1.165) is 5.69 Å². The van der Waals surface area contributed by atoms with Crippen LogP contribution in [0.1, 0.15) is 5.56 Å². The molecular formula is C16H10Cl2N6. The molecule has 118 valence electrons. The maximum atomic E-state index is 8.80. The van der Waals surface area contributed by atoms with Gasteiger partial charge >= 0.3 is 0 Å². The summed E-state index contributed by atoms with van der Waals surface area (Å²) in [4.78, 5) is 4.32. The van der Waals surface area contributed by atoms with Gasteiger partial charge in [0.1, 0.15) is 0 Å². The van der Waals surface area contributed by atoms with Crippen molar-refractivity contribution >= 4 is 46.3 Å². The van der Waals surface area contributed by atoms with Gasteiger partial charge in [0.05, 0.1) is 28.5 Å². The topological polar surface area (TPSA) is 86.5 Å². The van der Waals surface area contributed by atoms with E-state index >= 15 is 0 Å². The third-order valence-corrected chi connectivity index (χ3v) is 3.57. The van der Waals surface area contributed by atoms with E-state index < -0.39 is 0 Å². The lowest BCUT2D eigenvalue weighted by Crippen LogP contribution is -2.02. The minimum Gasteiger partial charge on any atom is -0.338 e. The number of anilines is 4. The zero-order chi connectivity index (χ0) is 16.9. The van der Waals surface area contributed by atoms with E-state index in [9.17, 15) is 0 Å². The Kier molecular flexibility index (Phi) is 4.75. The summed E-state index contributed by atoms with van der Waals surface area (Å²) >= 11 is 12.0. The van der Waals surface area contributed by atoms with Gasteiger partial charge in [0.25, 0.3) is 0 Å². The van der Waals surface area contributed by atoms with E-state index in [4.69, 9.17) is 28.5 Å². The Labute approximate surface area is 148 Å². The summed E-state index contributed by atoms with van der Waals surface area (Å²) in [7, 11) is 0. The summed E-state index contributed by atoms with van der Waals surface area (Å²) in [5.41, 5.74) is 1.98. The minimum atomic E-state index is 0.315. The van der Waals surface area contributed by atoms with Gasteiger partial charge in [-0.05, 0) is 42.5 Å². The highest BCUT2D eigenvalue weighted by molar-refractivity contribution is 6.36. The molecule has 0 spiro atoms. The van der Waals surface area contributed by atoms with E-state index in [1.54, 1.807) is 42.5 Å². The van der Waals surface area contributed by atoms with Crippen LogP contribution in [0.3, 0.4) is 0 Å². The first-order chi connectivity index (χ1) is 11.6. The Morgan fingerprint density at radius 3 is 2.50 bits per heavy atom. The zero-order valence-corrected chi connectivity index (χ0v) is 13.7. The number of hydrogen-bond donors (Lipinski definition) is 2. The average Bonchev–Trinajstić information content (AvgIpc) is 2.58. The molecule has 6 nitrogen and oxygen atoms in total. The van der Waals surface area contributed by atoms with Gasteiger partial charge in [-0.15, -0.1) is 5.10 Å². The second kappa shape index (κ2) is 7.13. The monoisotopic (exact) mass is 356 g/mol. The van der Waals surface area contributed by atoms with Gasteiger partial charge in [0.2, 0.25) is 5.95 Å². The first-order valence-corrected chi connectivity index (χ1v) is 7.58. The molecule has 0 amide bonds. The predicted octanol–water partition coefficient (Wildman–Crippen LogP) is 4.54. The molecule has 0 unspecified atom stereocenters. The van der Waals surface area contributed by atoms with Gasteiger partial charge in [0.15, 0.2) is 5.82 Å². The van der Waals surface area contributed by atoms with Crippen molar-refractivity contribution in [2.45, 2.75) is 0 Å². The number of rotatable bonds is 4. The van der Waals surface area contributed by atoms with Crippen molar-refractivity contribution < 1.29 is 0 Å². The largest absolute Gasteiger partial charge is 0.338 e. The van der Waals surface area contributed by atoms with E-state index in [1.165, 1.54) is 6.20 Å². The van der Waals surface area contributed by atoms with E-state index in [0.29, 0.717) is 33.1 Å². The van der Waals surface area contributed by atoms with Gasteiger partial charge < -0.3 is 10.6 Å². The van der Waals surface area contributed by atoms with Crippen LogP contribution in [-0.4, -0.2) is 15.2 Å². The van der Waals surface area contributed by atoms with Crippen molar-refractivity contribution in [3.63, 3.8) is 0 Å². The average molecular weight is 357 g/mol. The van der Waals surface area contributed by atoms with Gasteiger partial charge in [-0.1, -0.05) is 23.2 Å². The van der Waals surface area contributed by atoms with Crippen LogP contribution < -0.4 is 10.6 Å². The Morgan fingerprint density at radius 1 is 1.00 bits per heavy atom. The lowest BCUT2D eigenvalue weighted by atomic mass is 10.2. The SMILES string of the molecule is N#Cc1ccc(Nc2nncc(Nc3ccc(Cl)cc3Cl)n2)cc1. The highest BCUT2D eigenvalue weighted by atomic mass is 35.5. The van der Waals surface area contributed by atoms with E-state index in [1.807, 2.05) is 0 Å². The van der Waals surface area contributed by atoms with Crippen LogP contribution in [0.2, 0.25) is 10.0 Å². The molecule has 8 heteroatoms. The third-order valence-electron chi connectivity index (χ3n) is 3.02. The predicted molar refractivity (Wildman–Crippen MR) is 94.0 cm³/mol. The zero-order valence-electron chi connectivity index (χ0n) is 12.2. The number of nitrogens with zero attached hydrogens (tertiary/aromatic N) is 4. The molecule has 3 aromatic rings. The fourth-order valence-corrected chi connectivity index (χ4v) is 2.36. The first kappa shape index (κ1) is 16.0. The summed E-state index contributed by atoms with van der Waals surface area (Å²) in [6, 6.07) is 14.1. The standard InChI is InChI=1S/C16H10Cl2N6/c17-11-3-6-14(13(18)7-11)22-15-9-20-24-16(23-15)21-12-4-1-10(8-19)2-5-12/h1-7,9H,(H2,21,22,23,24). The van der Waals surface area contributed by atoms with Crippen LogP contribution >= 0.6 is 23.2 Å². The fraction of sp³-hybridized carbons (Fsp3) is 0. The molecule has 1 aromatic heterocycles. The van der Waals surface area contributed by atoms with Crippen molar-refractivity contribution in [3.05, 3.63) is 64.3 Å². The Hall–Kier alpha value is -2.88. The van der Waals surface area contributed by atoms with Crippen LogP contribution in [0.4, 0.5) is 23.1 Å². The van der Waals surface area contributed by atoms with Crippen molar-refractivity contribution in [1.82, 2.24) is 15.2 Å². The highest BCUT2D eigenvalue weighted by Gasteiger charge is 2.05. The van der Waals surface area contributed by atoms with Crippen molar-refractivity contribution in [1.29, 1.82) is 5.26 Å². The van der Waals surface area contributed by atoms with Gasteiger partial charge in [0, 0.05) is 10.7 Å². The molecule has 2 aromatic carbocycles. The number of hydrogen-bond acceptors (Lipinski definition) is 6. The number of nitriles is 1. The van der Waals surface area contributed by atoms with Crippen molar-refractivity contribution in [2.75, 3.05) is 10.6 Å². The lowest BCUT2D eigenvalue weighted by molar-refractivity contribution is 0.982. The lowest BCUT2D eigenvalue weighted by Gasteiger charge is -2.09. The van der Waals surface area contributed by atoms with Crippen LogP contribution in [0, 0.1) is 11.3 Å². The molecule has 0 bridgehead atoms. The van der Waals surface area contributed by atoms with Gasteiger partial charge in [-0.25, -0.2) is 0 Å². The van der Waals surface area contributed by atoms with E-state index in [-0.39, 0.29) is 0 Å². The smallest absolute Gasteiger partial charge is 0.249 e. The van der Waals surface area contributed by atoms with Gasteiger partial charge in [-0.2, -0.15) is 15.3 Å². The van der Waals surface area contributed by atoms with Crippen molar-refractivity contribution in [2.24, 2.45) is 0 Å². The Bertz CT molecular complexity index is 905. The molecule has 2 N–H and O–H groups in total. The summed E-state index contributed by atoms with van der Waals surface area (Å²) in [6.07, 6.45) is 1.48. The molecule has 0 aliphatic heterocycles. The Balaban J connectivity index is 1.77. The summed E-state index contributed by atoms with van der Waals surface area (Å²) in [6.45, 7) is 0. The first-order valence-electron chi connectivity index (χ1n) is 6.83. The van der Waals surface area contributed by atoms with Crippen LogP contribution in [0.5, 0.6) is 0 Å². The molecule has 0 radical (unpaired) electrons. The van der Waals surface area contributed by atoms with Crippen molar-refractivity contribution in [3.8, 4) is 6.07 Å².